The summed E-state index contributed by atoms with van der Waals surface area (Å²) in [6.45, 7) is 4.78. The number of nitrogens with one attached hydrogen (secondary N) is 3. The van der Waals surface area contributed by atoms with Gasteiger partial charge in [-0.25, -0.2) is 18.1 Å². The van der Waals surface area contributed by atoms with Crippen LogP contribution in [-0.2, 0) is 10.0 Å². The van der Waals surface area contributed by atoms with Crippen molar-refractivity contribution in [1.82, 2.24) is 20.5 Å². The second-order valence-electron chi connectivity index (χ2n) is 6.09. The van der Waals surface area contributed by atoms with Crippen molar-refractivity contribution in [2.24, 2.45) is 5.92 Å². The summed E-state index contributed by atoms with van der Waals surface area (Å²) in [6, 6.07) is 8.16. The molecule has 0 aliphatic carbocycles. The molecular weight excluding hydrogens is 348 g/mol. The van der Waals surface area contributed by atoms with Crippen LogP contribution < -0.4 is 16.2 Å². The molecule has 2 unspecified atom stereocenters. The Morgan fingerprint density at radius 1 is 1.33 bits per heavy atom. The molecule has 1 aromatic rings. The van der Waals surface area contributed by atoms with E-state index in [0.717, 1.165) is 31.1 Å². The van der Waals surface area contributed by atoms with Gasteiger partial charge in [-0.1, -0.05) is 23.7 Å². The van der Waals surface area contributed by atoms with Gasteiger partial charge in [-0.3, -0.25) is 5.43 Å². The Bertz CT molecular complexity index is 609. The predicted octanol–water partition coefficient (Wildman–Crippen LogP) is 1.37. The average molecular weight is 375 g/mol. The van der Waals surface area contributed by atoms with Gasteiger partial charge in [-0.15, -0.1) is 0 Å². The smallest absolute Gasteiger partial charge is 0.213 e. The minimum atomic E-state index is -3.07. The van der Waals surface area contributed by atoms with Gasteiger partial charge in [0.25, 0.3) is 0 Å². The largest absolute Gasteiger partial charge is 0.316 e. The normalized spacial score (nSPS) is 21.5. The van der Waals surface area contributed by atoms with Crippen LogP contribution in [0.15, 0.2) is 24.3 Å². The third-order valence-electron chi connectivity index (χ3n) is 4.40. The highest BCUT2D eigenvalue weighted by Gasteiger charge is 2.27. The number of hydrazine groups is 1. The molecule has 1 heterocycles. The molecule has 2 rings (SSSR count). The third-order valence-corrected chi connectivity index (χ3v) is 6.51. The number of nitrogens with zero attached hydrogens (tertiary/aromatic N) is 1. The molecule has 1 aliphatic rings. The number of halogens is 1. The first-order valence-electron chi connectivity index (χ1n) is 8.32. The summed E-state index contributed by atoms with van der Waals surface area (Å²) >= 11 is 5.95. The van der Waals surface area contributed by atoms with Gasteiger partial charge in [-0.05, 0) is 37.6 Å². The molecule has 3 N–H and O–H groups in total. The highest BCUT2D eigenvalue weighted by Crippen LogP contribution is 2.25. The first kappa shape index (κ1) is 19.6. The van der Waals surface area contributed by atoms with Crippen LogP contribution in [0, 0.1) is 5.92 Å². The van der Waals surface area contributed by atoms with Gasteiger partial charge >= 0.3 is 0 Å². The Kier molecular flexibility index (Phi) is 7.46. The molecule has 1 fully saturated rings. The van der Waals surface area contributed by atoms with Gasteiger partial charge in [-0.2, -0.15) is 0 Å². The monoisotopic (exact) mass is 374 g/mol. The van der Waals surface area contributed by atoms with Gasteiger partial charge < -0.3 is 5.32 Å². The van der Waals surface area contributed by atoms with Crippen molar-refractivity contribution in [3.63, 3.8) is 0 Å². The molecule has 24 heavy (non-hydrogen) atoms. The Balaban J connectivity index is 1.73. The summed E-state index contributed by atoms with van der Waals surface area (Å²) in [5.74, 6) is 0.585. The Hall–Kier alpha value is -0.700. The summed E-state index contributed by atoms with van der Waals surface area (Å²) in [5, 5.41) is 4.18. The minimum Gasteiger partial charge on any atom is -0.316 e. The fourth-order valence-electron chi connectivity index (χ4n) is 2.82. The molecule has 0 bridgehead atoms. The lowest BCUT2D eigenvalue weighted by Gasteiger charge is -2.20. The second-order valence-corrected chi connectivity index (χ2v) is 8.90. The first-order valence-corrected chi connectivity index (χ1v) is 10.3. The molecular formula is C16H27ClN4O2S. The van der Waals surface area contributed by atoms with E-state index in [2.05, 4.69) is 16.2 Å². The highest BCUT2D eigenvalue weighted by atomic mass is 35.5. The zero-order valence-corrected chi connectivity index (χ0v) is 15.8. The molecule has 8 heteroatoms. The van der Waals surface area contributed by atoms with Crippen LogP contribution in [-0.4, -0.2) is 51.7 Å². The van der Waals surface area contributed by atoms with E-state index in [1.807, 2.05) is 24.3 Å². The molecule has 6 nitrogen and oxygen atoms in total. The van der Waals surface area contributed by atoms with E-state index in [9.17, 15) is 8.42 Å². The maximum atomic E-state index is 11.7. The van der Waals surface area contributed by atoms with Gasteiger partial charge in [0.05, 0.1) is 11.8 Å². The zero-order valence-electron chi connectivity index (χ0n) is 14.3. The molecule has 0 saturated carbocycles. The Labute approximate surface area is 150 Å². The van der Waals surface area contributed by atoms with E-state index in [1.54, 1.807) is 14.0 Å². The topological polar surface area (TPSA) is 73.5 Å². The molecule has 2 atom stereocenters. The SMILES string of the molecule is CCS(=O)(=O)N(C)CCCNCC1CNNC1c1ccc(Cl)cc1. The summed E-state index contributed by atoms with van der Waals surface area (Å²) in [4.78, 5) is 0. The third kappa shape index (κ3) is 5.40. The van der Waals surface area contributed by atoms with Crippen LogP contribution in [0.5, 0.6) is 0 Å². The summed E-state index contributed by atoms with van der Waals surface area (Å²) < 4.78 is 24.8. The molecule has 1 aliphatic heterocycles. The lowest BCUT2D eigenvalue weighted by Crippen LogP contribution is -2.33. The molecule has 1 aromatic carbocycles. The van der Waals surface area contributed by atoms with Gasteiger partial charge in [0.15, 0.2) is 0 Å². The molecule has 0 aromatic heterocycles. The van der Waals surface area contributed by atoms with Crippen LogP contribution >= 0.6 is 11.6 Å². The minimum absolute atomic E-state index is 0.152. The maximum absolute atomic E-state index is 11.7. The fourth-order valence-corrected chi connectivity index (χ4v) is 3.80. The average Bonchev–Trinajstić information content (AvgIpc) is 3.03. The summed E-state index contributed by atoms with van der Waals surface area (Å²) in [6.07, 6.45) is 0.801. The van der Waals surface area contributed by atoms with Crippen molar-refractivity contribution in [3.05, 3.63) is 34.9 Å². The number of hydrogen-bond donors (Lipinski definition) is 3. The summed E-state index contributed by atoms with van der Waals surface area (Å²) in [5.41, 5.74) is 7.73. The highest BCUT2D eigenvalue weighted by molar-refractivity contribution is 7.89. The maximum Gasteiger partial charge on any atom is 0.213 e. The van der Waals surface area contributed by atoms with Crippen molar-refractivity contribution in [1.29, 1.82) is 0 Å². The Morgan fingerprint density at radius 2 is 2.04 bits per heavy atom. The lowest BCUT2D eigenvalue weighted by molar-refractivity contribution is 0.422. The van der Waals surface area contributed by atoms with E-state index in [4.69, 9.17) is 11.6 Å². The van der Waals surface area contributed by atoms with E-state index in [0.29, 0.717) is 12.5 Å². The first-order chi connectivity index (χ1) is 11.4. The van der Waals surface area contributed by atoms with Gasteiger partial charge in [0.1, 0.15) is 0 Å². The fraction of sp³-hybridized carbons (Fsp3) is 0.625. The molecule has 0 amide bonds. The van der Waals surface area contributed by atoms with E-state index in [-0.39, 0.29) is 11.8 Å². The van der Waals surface area contributed by atoms with E-state index >= 15 is 0 Å². The quantitative estimate of drug-likeness (QED) is 0.569. The Morgan fingerprint density at radius 3 is 2.71 bits per heavy atom. The number of rotatable bonds is 9. The number of benzene rings is 1. The lowest BCUT2D eigenvalue weighted by atomic mass is 9.95. The van der Waals surface area contributed by atoms with Crippen molar-refractivity contribution in [2.75, 3.05) is 39.0 Å². The van der Waals surface area contributed by atoms with Crippen LogP contribution in [0.4, 0.5) is 0 Å². The van der Waals surface area contributed by atoms with E-state index < -0.39 is 10.0 Å². The second kappa shape index (κ2) is 9.12. The molecule has 0 radical (unpaired) electrons. The van der Waals surface area contributed by atoms with Crippen molar-refractivity contribution in [2.45, 2.75) is 19.4 Å². The standard InChI is InChI=1S/C16H27ClN4O2S/c1-3-24(22,23)21(2)10-4-9-18-11-14-12-19-20-16(14)13-5-7-15(17)8-6-13/h5-8,14,16,18-20H,3-4,9-12H2,1-2H3. The van der Waals surface area contributed by atoms with Crippen molar-refractivity contribution < 1.29 is 8.42 Å². The van der Waals surface area contributed by atoms with E-state index in [1.165, 1.54) is 9.87 Å². The molecule has 136 valence electrons. The van der Waals surface area contributed by atoms with Crippen LogP contribution in [0.2, 0.25) is 5.02 Å². The van der Waals surface area contributed by atoms with Crippen molar-refractivity contribution in [3.8, 4) is 0 Å². The number of hydrogen-bond acceptors (Lipinski definition) is 5. The number of sulfonamides is 1. The van der Waals surface area contributed by atoms with Crippen LogP contribution in [0.3, 0.4) is 0 Å². The van der Waals surface area contributed by atoms with Crippen LogP contribution in [0.25, 0.3) is 0 Å². The van der Waals surface area contributed by atoms with Gasteiger partial charge in [0.2, 0.25) is 10.0 Å². The molecule has 0 spiro atoms. The molecule has 1 saturated heterocycles. The predicted molar refractivity (Wildman–Crippen MR) is 98.4 cm³/mol. The van der Waals surface area contributed by atoms with Crippen molar-refractivity contribution >= 4 is 21.6 Å². The summed E-state index contributed by atoms with van der Waals surface area (Å²) in [7, 11) is -1.44. The van der Waals surface area contributed by atoms with Crippen LogP contribution in [0.1, 0.15) is 24.9 Å². The van der Waals surface area contributed by atoms with Gasteiger partial charge in [0, 0.05) is 37.6 Å². The zero-order chi connectivity index (χ0) is 17.6.